The summed E-state index contributed by atoms with van der Waals surface area (Å²) in [7, 11) is 0. The van der Waals surface area contributed by atoms with Gasteiger partial charge < -0.3 is 24.6 Å². The van der Waals surface area contributed by atoms with Crippen LogP contribution in [0.1, 0.15) is 73.1 Å². The number of ketones is 3. The topological polar surface area (TPSA) is 130 Å². The van der Waals surface area contributed by atoms with Gasteiger partial charge in [0.15, 0.2) is 11.6 Å². The first-order valence-electron chi connectivity index (χ1n) is 15.4. The highest BCUT2D eigenvalue weighted by molar-refractivity contribution is 6.21. The smallest absolute Gasteiger partial charge is 0.410 e. The second-order valence-electron chi connectivity index (χ2n) is 15.7. The lowest BCUT2D eigenvalue weighted by Crippen LogP contribution is -2.95. The van der Waals surface area contributed by atoms with Crippen molar-refractivity contribution >= 4 is 23.4 Å². The second kappa shape index (κ2) is 7.88. The van der Waals surface area contributed by atoms with E-state index in [4.69, 9.17) is 9.47 Å². The fraction of sp³-hybridized carbons (Fsp3) is 0.812. The number of allylic oxidation sites excluding steroid dienone is 1. The van der Waals surface area contributed by atoms with E-state index < -0.39 is 74.7 Å². The van der Waals surface area contributed by atoms with Gasteiger partial charge in [-0.25, -0.2) is 4.79 Å². The van der Waals surface area contributed by atoms with Gasteiger partial charge in [0, 0.05) is 37.3 Å². The molecule has 224 valence electrons. The molecule has 0 radical (unpaired) electrons. The van der Waals surface area contributed by atoms with Crippen LogP contribution < -0.4 is 0 Å². The summed E-state index contributed by atoms with van der Waals surface area (Å²) >= 11 is 0. The maximum atomic E-state index is 14.8. The number of aliphatic hydroxyl groups excluding tert-OH is 1. The highest BCUT2D eigenvalue weighted by atomic mass is 16.6. The number of rotatable bonds is 2. The number of fused-ring (bicyclic) bond motifs is 1. The van der Waals surface area contributed by atoms with E-state index in [1.807, 2.05) is 34.6 Å². The molecule has 9 nitrogen and oxygen atoms in total. The predicted molar refractivity (Wildman–Crippen MR) is 145 cm³/mol. The molecule has 5 saturated carbocycles. The van der Waals surface area contributed by atoms with E-state index in [0.717, 1.165) is 0 Å². The zero-order valence-electron chi connectivity index (χ0n) is 24.8. The summed E-state index contributed by atoms with van der Waals surface area (Å²) in [6.45, 7) is 14.5. The SMILES string of the molecule is C=C1[C@@H]2CC[C@H]3[C@@]45CO[C@](O)([C@@H](O)[C@@H]4C(C)(C)CCC5=O)[C@]34C(=O)C1(C(=O)C1CCN(C(=O)OC(C)(C)C)CC1)[C@H]24. The molecule has 1 unspecified atom stereocenters. The number of piperidine rings is 1. The van der Waals surface area contributed by atoms with Gasteiger partial charge in [-0.2, -0.15) is 0 Å². The summed E-state index contributed by atoms with van der Waals surface area (Å²) < 4.78 is 11.6. The summed E-state index contributed by atoms with van der Waals surface area (Å²) in [4.78, 5) is 57.2. The first kappa shape index (κ1) is 27.7. The number of likely N-dealkylation sites (tertiary alicyclic amines) is 1. The summed E-state index contributed by atoms with van der Waals surface area (Å²) in [5.41, 5.74) is -4.41. The minimum absolute atomic E-state index is 0.00437. The lowest BCUT2D eigenvalue weighted by atomic mass is 9.18. The Balaban J connectivity index is 1.23. The van der Waals surface area contributed by atoms with Gasteiger partial charge in [0.05, 0.1) is 17.4 Å². The molecule has 8 fully saturated rings. The van der Waals surface area contributed by atoms with Crippen molar-refractivity contribution in [2.45, 2.75) is 90.6 Å². The van der Waals surface area contributed by atoms with Crippen molar-refractivity contribution in [3.05, 3.63) is 12.2 Å². The zero-order valence-corrected chi connectivity index (χ0v) is 24.8. The largest absolute Gasteiger partial charge is 0.444 e. The van der Waals surface area contributed by atoms with Gasteiger partial charge in [-0.05, 0) is 70.1 Å². The normalized spacial score (nSPS) is 47.9. The lowest BCUT2D eigenvalue weighted by molar-refractivity contribution is -0.460. The van der Waals surface area contributed by atoms with Gasteiger partial charge in [-0.1, -0.05) is 26.0 Å². The van der Waals surface area contributed by atoms with Gasteiger partial charge in [-0.15, -0.1) is 0 Å². The number of hydrogen-bond donors (Lipinski definition) is 2. The molecule has 2 bridgehead atoms. The molecule has 9 atom stereocenters. The van der Waals surface area contributed by atoms with E-state index in [-0.39, 0.29) is 24.1 Å². The number of carbonyl (C=O) groups excluding carboxylic acids is 4. The van der Waals surface area contributed by atoms with Crippen molar-refractivity contribution < 1.29 is 38.9 Å². The van der Waals surface area contributed by atoms with Crippen LogP contribution in [0.2, 0.25) is 0 Å². The summed E-state index contributed by atoms with van der Waals surface area (Å²) in [6.07, 6.45) is 1.21. The van der Waals surface area contributed by atoms with Crippen LogP contribution in [0.15, 0.2) is 12.2 Å². The van der Waals surface area contributed by atoms with Crippen LogP contribution in [-0.4, -0.2) is 75.7 Å². The van der Waals surface area contributed by atoms with Crippen LogP contribution in [0.4, 0.5) is 4.79 Å². The zero-order chi connectivity index (χ0) is 29.7. The number of Topliss-reactive ketones (excluding diaryl/α,β-unsaturated/α-hetero) is 3. The molecule has 3 saturated heterocycles. The van der Waals surface area contributed by atoms with Crippen LogP contribution >= 0.6 is 0 Å². The van der Waals surface area contributed by atoms with Crippen molar-refractivity contribution in [3.8, 4) is 0 Å². The molecule has 3 aliphatic heterocycles. The Labute approximate surface area is 241 Å². The average Bonchev–Trinajstić information content (AvgIpc) is 2.90. The van der Waals surface area contributed by atoms with E-state index in [2.05, 4.69) is 6.58 Å². The van der Waals surface area contributed by atoms with E-state index in [0.29, 0.717) is 57.2 Å². The van der Waals surface area contributed by atoms with Gasteiger partial charge in [-0.3, -0.25) is 14.4 Å². The predicted octanol–water partition coefficient (Wildman–Crippen LogP) is 3.06. The molecule has 2 spiro atoms. The fourth-order valence-corrected chi connectivity index (χ4v) is 11.2. The highest BCUT2D eigenvalue weighted by Gasteiger charge is 2.96. The Hall–Kier alpha value is -2.10. The highest BCUT2D eigenvalue weighted by Crippen LogP contribution is 2.87. The third-order valence-electron chi connectivity index (χ3n) is 12.6. The maximum absolute atomic E-state index is 14.8. The standard InChI is InChI=1S/C32H43NO8/c1-16-18-7-8-19-29-15-40-32(39,24(36)22(29)28(5,6)12-9-20(29)34)31(19)21(18)30(16,25(31)37)23(35)17-10-13-33(14-11-17)26(38)41-27(2,3)4/h17-19,21-22,24,36,39H,1,7-15H2,2-6H3/t18-,19-,21-,22+,24-,29+,30?,31+,32+/m0/s1. The number of carbonyl (C=O) groups is 4. The van der Waals surface area contributed by atoms with E-state index in [1.165, 1.54) is 0 Å². The Kier molecular flexibility index (Phi) is 5.33. The van der Waals surface area contributed by atoms with E-state index >= 15 is 0 Å². The number of aliphatic hydroxyl groups is 2. The second-order valence-corrected chi connectivity index (χ2v) is 15.7. The summed E-state index contributed by atoms with van der Waals surface area (Å²) in [5, 5.41) is 24.1. The molecular weight excluding hydrogens is 526 g/mol. The van der Waals surface area contributed by atoms with Crippen LogP contribution in [0, 0.1) is 51.2 Å². The summed E-state index contributed by atoms with van der Waals surface area (Å²) in [6, 6.07) is 0. The lowest BCUT2D eigenvalue weighted by Gasteiger charge is -2.84. The molecule has 0 aromatic heterocycles. The number of amides is 1. The number of hydrogen-bond acceptors (Lipinski definition) is 8. The van der Waals surface area contributed by atoms with Crippen molar-refractivity contribution in [2.75, 3.05) is 19.7 Å². The Morgan fingerprint density at radius 2 is 1.73 bits per heavy atom. The average molecular weight is 570 g/mol. The molecule has 0 aromatic carbocycles. The van der Waals surface area contributed by atoms with Crippen molar-refractivity contribution in [2.24, 2.45) is 51.2 Å². The first-order valence-corrected chi connectivity index (χ1v) is 15.4. The Bertz CT molecular complexity index is 1290. The van der Waals surface area contributed by atoms with Crippen LogP contribution in [0.3, 0.4) is 0 Å². The maximum Gasteiger partial charge on any atom is 0.410 e. The Morgan fingerprint density at radius 3 is 2.37 bits per heavy atom. The molecule has 41 heavy (non-hydrogen) atoms. The molecular formula is C32H43NO8. The minimum Gasteiger partial charge on any atom is -0.444 e. The number of nitrogens with zero attached hydrogens (tertiary/aromatic N) is 1. The van der Waals surface area contributed by atoms with Gasteiger partial charge in [0.2, 0.25) is 5.79 Å². The number of ether oxygens (including phenoxy) is 2. The third kappa shape index (κ3) is 2.81. The first-order chi connectivity index (χ1) is 19.0. The van der Waals surface area contributed by atoms with Crippen molar-refractivity contribution in [1.29, 1.82) is 0 Å². The van der Waals surface area contributed by atoms with Gasteiger partial charge >= 0.3 is 6.09 Å². The molecule has 9 heteroatoms. The molecule has 2 N–H and O–H groups in total. The van der Waals surface area contributed by atoms with Crippen LogP contribution in [0.5, 0.6) is 0 Å². The molecule has 8 rings (SSSR count). The molecule has 0 aromatic rings. The van der Waals surface area contributed by atoms with Gasteiger partial charge in [0.25, 0.3) is 0 Å². The van der Waals surface area contributed by atoms with Crippen molar-refractivity contribution in [1.82, 2.24) is 4.90 Å². The molecule has 8 aliphatic rings. The molecule has 5 aliphatic carbocycles. The fourth-order valence-electron chi connectivity index (χ4n) is 11.2. The molecule has 1 amide bonds. The third-order valence-corrected chi connectivity index (χ3v) is 12.6. The van der Waals surface area contributed by atoms with Gasteiger partial charge in [0.1, 0.15) is 22.9 Å². The van der Waals surface area contributed by atoms with E-state index in [9.17, 15) is 29.4 Å². The Morgan fingerprint density at radius 1 is 1.07 bits per heavy atom. The minimum atomic E-state index is -2.15. The summed E-state index contributed by atoms with van der Waals surface area (Å²) in [5.74, 6) is -4.86. The van der Waals surface area contributed by atoms with Crippen LogP contribution in [0.25, 0.3) is 0 Å². The van der Waals surface area contributed by atoms with Crippen LogP contribution in [-0.2, 0) is 23.9 Å². The molecule has 3 heterocycles. The van der Waals surface area contributed by atoms with Crippen molar-refractivity contribution in [3.63, 3.8) is 0 Å². The quantitative estimate of drug-likeness (QED) is 0.383. The monoisotopic (exact) mass is 569 g/mol. The van der Waals surface area contributed by atoms with E-state index in [1.54, 1.807) is 4.90 Å².